The van der Waals surface area contributed by atoms with Crippen LogP contribution in [0.25, 0.3) is 0 Å². The number of benzene rings is 2. The Morgan fingerprint density at radius 1 is 1.16 bits per heavy atom. The van der Waals surface area contributed by atoms with E-state index in [9.17, 15) is 18.0 Å². The molecular formula is C21H23ClN2O6S. The predicted molar refractivity (Wildman–Crippen MR) is 118 cm³/mol. The van der Waals surface area contributed by atoms with Crippen LogP contribution in [0.1, 0.15) is 23.7 Å². The minimum Gasteiger partial charge on any atom is -0.495 e. The Kier molecular flexibility index (Phi) is 6.76. The maximum absolute atomic E-state index is 12.8. The Labute approximate surface area is 185 Å². The van der Waals surface area contributed by atoms with E-state index in [4.69, 9.17) is 21.1 Å². The molecule has 1 heterocycles. The average Bonchev–Trinajstić information content (AvgIpc) is 2.99. The number of carbonyl (C=O) groups is 2. The van der Waals surface area contributed by atoms with Crippen molar-refractivity contribution in [1.82, 2.24) is 5.32 Å². The van der Waals surface area contributed by atoms with Crippen molar-refractivity contribution < 1.29 is 27.5 Å². The van der Waals surface area contributed by atoms with E-state index in [0.29, 0.717) is 22.9 Å². The normalized spacial score (nSPS) is 19.5. The first-order chi connectivity index (χ1) is 14.6. The van der Waals surface area contributed by atoms with Gasteiger partial charge in [0.25, 0.3) is 11.8 Å². The highest BCUT2D eigenvalue weighted by Gasteiger charge is 2.39. The maximum Gasteiger partial charge on any atom is 0.262 e. The number of methoxy groups -OCH3 is 1. The molecule has 0 saturated carbocycles. The lowest BCUT2D eigenvalue weighted by molar-refractivity contribution is -0.118. The molecule has 1 aliphatic rings. The number of anilines is 1. The standard InChI is InChI=1S/C21H23ClN2O6S/c1-21(9-10-31(27,28)13-21)24-20(26)15-5-3-4-6-17(15)30-12-19(25)23-14-7-8-18(29-2)16(22)11-14/h3-8,11H,9-10,12-13H2,1-2H3,(H,23,25)(H,24,26)/t21-/m1/s1. The lowest BCUT2D eigenvalue weighted by Crippen LogP contribution is -2.47. The van der Waals surface area contributed by atoms with Gasteiger partial charge in [0.1, 0.15) is 11.5 Å². The third-order valence-electron chi connectivity index (χ3n) is 4.84. The summed E-state index contributed by atoms with van der Waals surface area (Å²) < 4.78 is 34.2. The summed E-state index contributed by atoms with van der Waals surface area (Å²) in [7, 11) is -1.67. The molecule has 2 amide bonds. The molecule has 0 unspecified atom stereocenters. The summed E-state index contributed by atoms with van der Waals surface area (Å²) in [4.78, 5) is 25.0. The Morgan fingerprint density at radius 2 is 1.90 bits per heavy atom. The topological polar surface area (TPSA) is 111 Å². The van der Waals surface area contributed by atoms with Gasteiger partial charge in [-0.2, -0.15) is 0 Å². The second kappa shape index (κ2) is 9.15. The summed E-state index contributed by atoms with van der Waals surface area (Å²) in [6, 6.07) is 11.3. The van der Waals surface area contributed by atoms with Crippen LogP contribution in [0.5, 0.6) is 11.5 Å². The second-order valence-corrected chi connectivity index (χ2v) is 10.1. The van der Waals surface area contributed by atoms with Crippen LogP contribution in [0.2, 0.25) is 5.02 Å². The zero-order valence-electron chi connectivity index (χ0n) is 17.1. The number of sulfone groups is 1. The summed E-state index contributed by atoms with van der Waals surface area (Å²) in [6.07, 6.45) is 0.344. The minimum atomic E-state index is -3.17. The third-order valence-corrected chi connectivity index (χ3v) is 7.04. The van der Waals surface area contributed by atoms with E-state index < -0.39 is 27.2 Å². The van der Waals surface area contributed by atoms with Crippen molar-refractivity contribution in [2.45, 2.75) is 18.9 Å². The van der Waals surface area contributed by atoms with E-state index in [0.717, 1.165) is 0 Å². The van der Waals surface area contributed by atoms with Crippen LogP contribution < -0.4 is 20.1 Å². The van der Waals surface area contributed by atoms with Crippen LogP contribution in [0.4, 0.5) is 5.69 Å². The molecule has 0 radical (unpaired) electrons. The van der Waals surface area contributed by atoms with Crippen molar-refractivity contribution >= 4 is 38.9 Å². The van der Waals surface area contributed by atoms with Crippen molar-refractivity contribution in [2.75, 3.05) is 30.5 Å². The van der Waals surface area contributed by atoms with Gasteiger partial charge in [-0.25, -0.2) is 8.42 Å². The van der Waals surface area contributed by atoms with Crippen molar-refractivity contribution in [2.24, 2.45) is 0 Å². The summed E-state index contributed by atoms with van der Waals surface area (Å²) in [6.45, 7) is 1.37. The third kappa shape index (κ3) is 5.89. The zero-order chi connectivity index (χ0) is 22.6. The van der Waals surface area contributed by atoms with E-state index in [1.54, 1.807) is 49.4 Å². The first-order valence-electron chi connectivity index (χ1n) is 9.49. The summed E-state index contributed by atoms with van der Waals surface area (Å²) >= 11 is 6.05. The molecule has 1 aliphatic heterocycles. The van der Waals surface area contributed by atoms with Crippen molar-refractivity contribution in [3.8, 4) is 11.5 Å². The molecule has 1 atom stereocenters. The first kappa shape index (κ1) is 22.9. The van der Waals surface area contributed by atoms with E-state index >= 15 is 0 Å². The minimum absolute atomic E-state index is 0.0392. The van der Waals surface area contributed by atoms with Gasteiger partial charge in [-0.1, -0.05) is 23.7 Å². The number of ether oxygens (including phenoxy) is 2. The molecule has 166 valence electrons. The van der Waals surface area contributed by atoms with Crippen molar-refractivity contribution in [3.05, 3.63) is 53.1 Å². The number of carbonyl (C=O) groups excluding carboxylic acids is 2. The van der Waals surface area contributed by atoms with E-state index in [1.807, 2.05) is 0 Å². The number of rotatable bonds is 7. The molecule has 10 heteroatoms. The SMILES string of the molecule is COc1ccc(NC(=O)COc2ccccc2C(=O)N[C@]2(C)CCS(=O)(=O)C2)cc1Cl. The highest BCUT2D eigenvalue weighted by atomic mass is 35.5. The molecule has 2 aromatic carbocycles. The largest absolute Gasteiger partial charge is 0.495 e. The molecule has 0 bridgehead atoms. The van der Waals surface area contributed by atoms with Crippen LogP contribution in [-0.4, -0.2) is 51.0 Å². The number of hydrogen-bond acceptors (Lipinski definition) is 6. The van der Waals surface area contributed by atoms with E-state index in [-0.39, 0.29) is 29.4 Å². The second-order valence-electron chi connectivity index (χ2n) is 7.54. The number of nitrogens with one attached hydrogen (secondary N) is 2. The Balaban J connectivity index is 1.63. The van der Waals surface area contributed by atoms with Gasteiger partial charge in [0, 0.05) is 5.69 Å². The highest BCUT2D eigenvalue weighted by Crippen LogP contribution is 2.27. The Bertz CT molecular complexity index is 1100. The van der Waals surface area contributed by atoms with Gasteiger partial charge in [-0.3, -0.25) is 9.59 Å². The fraction of sp³-hybridized carbons (Fsp3) is 0.333. The number of hydrogen-bond donors (Lipinski definition) is 2. The monoisotopic (exact) mass is 466 g/mol. The highest BCUT2D eigenvalue weighted by molar-refractivity contribution is 7.91. The molecule has 1 fully saturated rings. The molecule has 0 spiro atoms. The lowest BCUT2D eigenvalue weighted by Gasteiger charge is -2.24. The van der Waals surface area contributed by atoms with Crippen molar-refractivity contribution in [1.29, 1.82) is 0 Å². The molecule has 2 N–H and O–H groups in total. The maximum atomic E-state index is 12.8. The molecule has 8 nitrogen and oxygen atoms in total. The first-order valence-corrected chi connectivity index (χ1v) is 11.7. The van der Waals surface area contributed by atoms with E-state index in [1.165, 1.54) is 7.11 Å². The quantitative estimate of drug-likeness (QED) is 0.649. The van der Waals surface area contributed by atoms with Crippen LogP contribution >= 0.6 is 11.6 Å². The number of amides is 2. The van der Waals surface area contributed by atoms with Crippen LogP contribution in [0, 0.1) is 0 Å². The molecule has 0 aromatic heterocycles. The fourth-order valence-corrected chi connectivity index (χ4v) is 5.67. The smallest absolute Gasteiger partial charge is 0.262 e. The molecule has 2 aromatic rings. The zero-order valence-corrected chi connectivity index (χ0v) is 18.7. The van der Waals surface area contributed by atoms with Gasteiger partial charge in [-0.15, -0.1) is 0 Å². The van der Waals surface area contributed by atoms with Gasteiger partial charge < -0.3 is 20.1 Å². The average molecular weight is 467 g/mol. The Morgan fingerprint density at radius 3 is 2.55 bits per heavy atom. The van der Waals surface area contributed by atoms with Crippen LogP contribution in [0.15, 0.2) is 42.5 Å². The Hall–Kier alpha value is -2.78. The van der Waals surface area contributed by atoms with Crippen molar-refractivity contribution in [3.63, 3.8) is 0 Å². The molecule has 3 rings (SSSR count). The van der Waals surface area contributed by atoms with Gasteiger partial charge in [0.05, 0.1) is 34.7 Å². The molecule has 31 heavy (non-hydrogen) atoms. The predicted octanol–water partition coefficient (Wildman–Crippen LogP) is 2.67. The van der Waals surface area contributed by atoms with Gasteiger partial charge in [0.2, 0.25) is 0 Å². The van der Waals surface area contributed by atoms with Crippen LogP contribution in [-0.2, 0) is 14.6 Å². The van der Waals surface area contributed by atoms with Gasteiger partial charge in [-0.05, 0) is 43.7 Å². The number of para-hydroxylation sites is 1. The van der Waals surface area contributed by atoms with Gasteiger partial charge in [0.15, 0.2) is 16.4 Å². The molecule has 0 aliphatic carbocycles. The summed E-state index contributed by atoms with van der Waals surface area (Å²) in [5.41, 5.74) is -0.150. The summed E-state index contributed by atoms with van der Waals surface area (Å²) in [5, 5.41) is 5.79. The van der Waals surface area contributed by atoms with E-state index in [2.05, 4.69) is 10.6 Å². The fourth-order valence-electron chi connectivity index (χ4n) is 3.32. The number of halogens is 1. The van der Waals surface area contributed by atoms with Gasteiger partial charge >= 0.3 is 0 Å². The lowest BCUT2D eigenvalue weighted by atomic mass is 10.0. The molecule has 1 saturated heterocycles. The molecular weight excluding hydrogens is 444 g/mol. The van der Waals surface area contributed by atoms with Crippen LogP contribution in [0.3, 0.4) is 0 Å². The summed E-state index contributed by atoms with van der Waals surface area (Å²) in [5.74, 6) is -0.270.